The van der Waals surface area contributed by atoms with E-state index in [-0.39, 0.29) is 10.8 Å². The number of rotatable bonds is 5. The highest BCUT2D eigenvalue weighted by molar-refractivity contribution is 6.03. The van der Waals surface area contributed by atoms with E-state index in [1.54, 1.807) is 0 Å². The van der Waals surface area contributed by atoms with Crippen molar-refractivity contribution in [3.05, 3.63) is 120 Å². The first-order chi connectivity index (χ1) is 19.2. The zero-order chi connectivity index (χ0) is 26.7. The van der Waals surface area contributed by atoms with Crippen LogP contribution in [-0.2, 0) is 10.8 Å². The summed E-state index contributed by atoms with van der Waals surface area (Å²) in [6.07, 6.45) is 33.0. The highest BCUT2D eigenvalue weighted by Crippen LogP contribution is 2.54. The molecular weight excluding hydrogens is 472 g/mol. The topological polar surface area (TPSA) is 6.25 Å². The van der Waals surface area contributed by atoms with Gasteiger partial charge in [0.05, 0.1) is 5.41 Å². The van der Waals surface area contributed by atoms with Gasteiger partial charge in [0.2, 0.25) is 5.69 Å². The van der Waals surface area contributed by atoms with Crippen LogP contribution in [0.15, 0.2) is 109 Å². The molecule has 0 atom stereocenters. The van der Waals surface area contributed by atoms with Gasteiger partial charge < -0.3 is 4.90 Å². The fourth-order valence-electron chi connectivity index (χ4n) is 8.04. The Morgan fingerprint density at radius 2 is 1.21 bits per heavy atom. The van der Waals surface area contributed by atoms with E-state index in [1.807, 2.05) is 0 Å². The second-order valence-corrected chi connectivity index (χ2v) is 11.9. The van der Waals surface area contributed by atoms with E-state index in [0.29, 0.717) is 0 Å². The summed E-state index contributed by atoms with van der Waals surface area (Å²) in [6, 6.07) is 18.0. The number of likely N-dealkylation sites (N-methyl/N-ethyl adjacent to an activating group) is 1. The molecule has 200 valence electrons. The largest absolute Gasteiger partial charge is 0.347 e. The van der Waals surface area contributed by atoms with Gasteiger partial charge in [-0.15, -0.1) is 0 Å². The van der Waals surface area contributed by atoms with E-state index < -0.39 is 0 Å². The van der Waals surface area contributed by atoms with Crippen molar-refractivity contribution in [2.75, 3.05) is 19.0 Å². The molecule has 2 saturated carbocycles. The van der Waals surface area contributed by atoms with Crippen molar-refractivity contribution < 1.29 is 4.58 Å². The minimum Gasteiger partial charge on any atom is -0.347 e. The van der Waals surface area contributed by atoms with Gasteiger partial charge in [0, 0.05) is 41.6 Å². The maximum atomic E-state index is 2.43. The van der Waals surface area contributed by atoms with Crippen molar-refractivity contribution in [1.29, 1.82) is 0 Å². The molecule has 2 aliphatic carbocycles. The van der Waals surface area contributed by atoms with Crippen molar-refractivity contribution in [3.63, 3.8) is 0 Å². The molecule has 2 heterocycles. The summed E-state index contributed by atoms with van der Waals surface area (Å²) >= 11 is 0. The minimum absolute atomic E-state index is 0.197. The molecule has 0 bridgehead atoms. The van der Waals surface area contributed by atoms with Crippen LogP contribution >= 0.6 is 0 Å². The second kappa shape index (κ2) is 11.0. The Hall–Kier alpha value is -3.39. The van der Waals surface area contributed by atoms with Gasteiger partial charge in [-0.1, -0.05) is 117 Å². The third kappa shape index (κ3) is 4.48. The standard InChI is InChI=1S/C37H43N2/c1-38-32-22-14-12-20-30(32)36(26-16-8-17-27-36)34(38)24-10-6-4-3-5-7-11-25-35-37(28-18-9-19-29-37)31-21-13-15-23-33(31)39(35)2/h3-7,10-15,20-25H,8-9,16-19,26-29H2,1-2H3/q+1. The number of benzene rings is 2. The summed E-state index contributed by atoms with van der Waals surface area (Å²) in [5, 5.41) is 0. The summed E-state index contributed by atoms with van der Waals surface area (Å²) in [7, 11) is 4.48. The molecular formula is C37H43N2+. The van der Waals surface area contributed by atoms with Crippen LogP contribution < -0.4 is 4.90 Å². The Bertz CT molecular complexity index is 1380. The molecule has 6 rings (SSSR count). The maximum absolute atomic E-state index is 2.43. The Morgan fingerprint density at radius 3 is 1.92 bits per heavy atom. The molecule has 2 aliphatic heterocycles. The SMILES string of the molecule is CN1/C(=C/C=C/C=C/C=C/C=C/C2=[N+](C)c3ccccc3C23CCCCC3)C2(CCCCC2)c2ccccc21. The van der Waals surface area contributed by atoms with Gasteiger partial charge in [-0.2, -0.15) is 4.58 Å². The highest BCUT2D eigenvalue weighted by atomic mass is 15.2. The lowest BCUT2D eigenvalue weighted by Crippen LogP contribution is -2.36. The third-order valence-electron chi connectivity index (χ3n) is 9.85. The van der Waals surface area contributed by atoms with Crippen LogP contribution in [0, 0.1) is 0 Å². The Morgan fingerprint density at radius 1 is 0.641 bits per heavy atom. The summed E-state index contributed by atoms with van der Waals surface area (Å²) in [5.41, 5.74) is 9.14. The maximum Gasteiger partial charge on any atom is 0.209 e. The first kappa shape index (κ1) is 25.9. The molecule has 0 amide bonds. The summed E-state index contributed by atoms with van der Waals surface area (Å²) in [5.74, 6) is 0. The van der Waals surface area contributed by atoms with E-state index in [1.165, 1.54) is 98.1 Å². The van der Waals surface area contributed by atoms with Crippen molar-refractivity contribution in [2.24, 2.45) is 0 Å². The van der Waals surface area contributed by atoms with Crippen molar-refractivity contribution >= 4 is 17.1 Å². The van der Waals surface area contributed by atoms with Crippen molar-refractivity contribution in [3.8, 4) is 0 Å². The first-order valence-corrected chi connectivity index (χ1v) is 15.1. The molecule has 2 fully saturated rings. The van der Waals surface area contributed by atoms with E-state index >= 15 is 0 Å². The van der Waals surface area contributed by atoms with Gasteiger partial charge in [-0.25, -0.2) is 0 Å². The average Bonchev–Trinajstić information content (AvgIpc) is 3.34. The fraction of sp³-hybridized carbons (Fsp3) is 0.378. The van der Waals surface area contributed by atoms with Crippen LogP contribution in [0.25, 0.3) is 0 Å². The molecule has 0 N–H and O–H groups in total. The number of hydrogen-bond acceptors (Lipinski definition) is 1. The van der Waals surface area contributed by atoms with Gasteiger partial charge in [0.25, 0.3) is 0 Å². The minimum atomic E-state index is 0.197. The quantitative estimate of drug-likeness (QED) is 0.284. The normalized spacial score (nSPS) is 23.0. The zero-order valence-electron chi connectivity index (χ0n) is 23.8. The number of hydrogen-bond donors (Lipinski definition) is 0. The van der Waals surface area contributed by atoms with Crippen LogP contribution in [0.5, 0.6) is 0 Å². The lowest BCUT2D eigenvalue weighted by molar-refractivity contribution is -0.401. The number of anilines is 1. The monoisotopic (exact) mass is 515 g/mol. The van der Waals surface area contributed by atoms with Crippen molar-refractivity contribution in [2.45, 2.75) is 75.0 Å². The molecule has 0 unspecified atom stereocenters. The van der Waals surface area contributed by atoms with Gasteiger partial charge in [0.15, 0.2) is 5.71 Å². The van der Waals surface area contributed by atoms with Gasteiger partial charge >= 0.3 is 0 Å². The zero-order valence-corrected chi connectivity index (χ0v) is 23.8. The smallest absolute Gasteiger partial charge is 0.209 e. The summed E-state index contributed by atoms with van der Waals surface area (Å²) in [4.78, 5) is 2.43. The number of fused-ring (bicyclic) bond motifs is 4. The lowest BCUT2D eigenvalue weighted by atomic mass is 9.67. The third-order valence-corrected chi connectivity index (χ3v) is 9.85. The van der Waals surface area contributed by atoms with E-state index in [9.17, 15) is 0 Å². The van der Waals surface area contributed by atoms with E-state index in [0.717, 1.165) is 0 Å². The van der Waals surface area contributed by atoms with Gasteiger partial charge in [0.1, 0.15) is 7.05 Å². The van der Waals surface area contributed by atoms with Crippen LogP contribution in [0.3, 0.4) is 0 Å². The van der Waals surface area contributed by atoms with E-state index in [2.05, 4.69) is 127 Å². The van der Waals surface area contributed by atoms with Crippen LogP contribution in [0.2, 0.25) is 0 Å². The first-order valence-electron chi connectivity index (χ1n) is 15.1. The fourth-order valence-corrected chi connectivity index (χ4v) is 8.04. The van der Waals surface area contributed by atoms with Gasteiger partial charge in [-0.05, 0) is 43.4 Å². The molecule has 2 spiro atoms. The van der Waals surface area contributed by atoms with Crippen LogP contribution in [0.4, 0.5) is 11.4 Å². The second-order valence-electron chi connectivity index (χ2n) is 11.9. The molecule has 0 aromatic heterocycles. The van der Waals surface area contributed by atoms with Gasteiger partial charge in [-0.3, -0.25) is 0 Å². The molecule has 2 aromatic rings. The lowest BCUT2D eigenvalue weighted by Gasteiger charge is -2.36. The molecule has 2 heteroatoms. The molecule has 2 nitrogen and oxygen atoms in total. The highest BCUT2D eigenvalue weighted by Gasteiger charge is 2.50. The molecule has 2 aromatic carbocycles. The van der Waals surface area contributed by atoms with Crippen LogP contribution in [-0.4, -0.2) is 24.4 Å². The summed E-state index contributed by atoms with van der Waals surface area (Å²) < 4.78 is 2.43. The Balaban J connectivity index is 1.13. The molecule has 0 radical (unpaired) electrons. The summed E-state index contributed by atoms with van der Waals surface area (Å²) in [6.45, 7) is 0. The Labute approximate surface area is 235 Å². The van der Waals surface area contributed by atoms with Crippen molar-refractivity contribution in [1.82, 2.24) is 0 Å². The van der Waals surface area contributed by atoms with E-state index in [4.69, 9.17) is 0 Å². The average molecular weight is 516 g/mol. The Kier molecular flexibility index (Phi) is 7.30. The number of para-hydroxylation sites is 2. The number of nitrogens with zero attached hydrogens (tertiary/aromatic N) is 2. The predicted molar refractivity (Wildman–Crippen MR) is 166 cm³/mol. The molecule has 4 aliphatic rings. The van der Waals surface area contributed by atoms with Crippen LogP contribution in [0.1, 0.15) is 75.3 Å². The molecule has 0 saturated heterocycles. The predicted octanol–water partition coefficient (Wildman–Crippen LogP) is 9.08. The number of allylic oxidation sites excluding steroid dienone is 10. The molecule has 39 heavy (non-hydrogen) atoms.